The molecule has 0 aliphatic heterocycles. The summed E-state index contributed by atoms with van der Waals surface area (Å²) >= 11 is 5.29. The zero-order valence-corrected chi connectivity index (χ0v) is 13.2. The first-order valence-electron chi connectivity index (χ1n) is 5.94. The summed E-state index contributed by atoms with van der Waals surface area (Å²) in [5.74, 6) is 2.14. The molecule has 0 unspecified atom stereocenters. The van der Waals surface area contributed by atoms with Crippen LogP contribution in [-0.4, -0.2) is 21.8 Å². The minimum absolute atomic E-state index is 0.418. The van der Waals surface area contributed by atoms with Crippen molar-refractivity contribution in [1.29, 1.82) is 0 Å². The molecule has 2 aromatic rings. The molecule has 0 spiro atoms. The van der Waals surface area contributed by atoms with Gasteiger partial charge < -0.3 is 5.32 Å². The van der Waals surface area contributed by atoms with E-state index < -0.39 is 0 Å². The molecule has 6 heteroatoms. The molecule has 0 aliphatic rings. The van der Waals surface area contributed by atoms with Gasteiger partial charge in [0, 0.05) is 23.4 Å². The maximum atomic E-state index is 4.59. The van der Waals surface area contributed by atoms with Crippen LogP contribution in [0.4, 0.5) is 5.13 Å². The van der Waals surface area contributed by atoms with Gasteiger partial charge in [-0.2, -0.15) is 11.8 Å². The van der Waals surface area contributed by atoms with Crippen molar-refractivity contribution in [3.8, 4) is 10.6 Å². The number of hydrogen-bond acceptors (Lipinski definition) is 6. The molecule has 0 amide bonds. The van der Waals surface area contributed by atoms with E-state index in [1.54, 1.807) is 22.7 Å². The molecule has 18 heavy (non-hydrogen) atoms. The molecule has 0 atom stereocenters. The van der Waals surface area contributed by atoms with Gasteiger partial charge in [-0.05, 0) is 19.6 Å². The van der Waals surface area contributed by atoms with Gasteiger partial charge >= 0.3 is 0 Å². The van der Waals surface area contributed by atoms with Crippen LogP contribution in [0.2, 0.25) is 0 Å². The molecule has 0 fully saturated rings. The van der Waals surface area contributed by atoms with Gasteiger partial charge in [0.1, 0.15) is 5.01 Å². The number of anilines is 1. The average Bonchev–Trinajstić information content (AvgIpc) is 2.94. The van der Waals surface area contributed by atoms with E-state index in [1.165, 1.54) is 5.01 Å². The Bertz CT molecular complexity index is 490. The lowest BCUT2D eigenvalue weighted by Crippen LogP contribution is -2.08. The van der Waals surface area contributed by atoms with E-state index >= 15 is 0 Å². The number of nitrogens with zero attached hydrogens (tertiary/aromatic N) is 2. The lowest BCUT2D eigenvalue weighted by molar-refractivity contribution is 0.897. The minimum Gasteiger partial charge on any atom is -0.359 e. The fourth-order valence-corrected chi connectivity index (χ4v) is 3.93. The Labute approximate surface area is 120 Å². The van der Waals surface area contributed by atoms with Crippen molar-refractivity contribution in [2.75, 3.05) is 11.1 Å². The van der Waals surface area contributed by atoms with Crippen LogP contribution in [0.15, 0.2) is 11.6 Å². The molecule has 0 aromatic carbocycles. The Kier molecular flexibility index (Phi) is 5.03. The zero-order chi connectivity index (χ0) is 13.0. The van der Waals surface area contributed by atoms with E-state index in [0.29, 0.717) is 6.04 Å². The Morgan fingerprint density at radius 2 is 2.28 bits per heavy atom. The van der Waals surface area contributed by atoms with E-state index in [9.17, 15) is 0 Å². The summed E-state index contributed by atoms with van der Waals surface area (Å²) in [5, 5.41) is 7.58. The summed E-state index contributed by atoms with van der Waals surface area (Å²) in [7, 11) is 0. The van der Waals surface area contributed by atoms with Gasteiger partial charge in [0.2, 0.25) is 0 Å². The Balaban J connectivity index is 2.06. The number of thioether (sulfide) groups is 1. The van der Waals surface area contributed by atoms with Crippen molar-refractivity contribution in [3.05, 3.63) is 16.6 Å². The van der Waals surface area contributed by atoms with Crippen LogP contribution in [0, 0.1) is 0 Å². The predicted octanol–water partition coefficient (Wildman–Crippen LogP) is 4.34. The molecule has 1 N–H and O–H groups in total. The van der Waals surface area contributed by atoms with Gasteiger partial charge in [0.25, 0.3) is 0 Å². The molecular formula is C12H17N3S3. The second-order valence-corrected chi connectivity index (χ2v) is 7.34. The van der Waals surface area contributed by atoms with Gasteiger partial charge in [-0.3, -0.25) is 0 Å². The van der Waals surface area contributed by atoms with Crippen LogP contribution in [0.5, 0.6) is 0 Å². The highest BCUT2D eigenvalue weighted by Crippen LogP contribution is 2.30. The normalized spacial score (nSPS) is 11.1. The molecular weight excluding hydrogens is 282 g/mol. The van der Waals surface area contributed by atoms with Gasteiger partial charge in [-0.15, -0.1) is 22.7 Å². The third-order valence-corrected chi connectivity index (χ3v) is 5.01. The highest BCUT2D eigenvalue weighted by Gasteiger charge is 2.09. The molecule has 2 aromatic heterocycles. The summed E-state index contributed by atoms with van der Waals surface area (Å²) in [6.45, 7) is 6.41. The standard InChI is InChI=1S/C12H17N3S3/c1-4-16-7-11-13-5-10(18-11)9-6-17-12(15-9)14-8(2)3/h5-6,8H,4,7H2,1-3H3,(H,14,15). The molecule has 0 saturated heterocycles. The monoisotopic (exact) mass is 299 g/mol. The summed E-state index contributed by atoms with van der Waals surface area (Å²) in [6.07, 6.45) is 1.93. The third-order valence-electron chi connectivity index (χ3n) is 2.15. The van der Waals surface area contributed by atoms with E-state index in [2.05, 4.69) is 41.4 Å². The summed E-state index contributed by atoms with van der Waals surface area (Å²) in [6, 6.07) is 0.418. The van der Waals surface area contributed by atoms with Crippen molar-refractivity contribution in [3.63, 3.8) is 0 Å². The molecule has 2 heterocycles. The first-order chi connectivity index (χ1) is 8.69. The van der Waals surface area contributed by atoms with Gasteiger partial charge in [0.05, 0.1) is 10.6 Å². The smallest absolute Gasteiger partial charge is 0.183 e. The first kappa shape index (κ1) is 13.8. The second-order valence-electron chi connectivity index (χ2n) is 4.09. The van der Waals surface area contributed by atoms with Crippen LogP contribution >= 0.6 is 34.4 Å². The average molecular weight is 299 g/mol. The van der Waals surface area contributed by atoms with Crippen LogP contribution < -0.4 is 5.32 Å². The van der Waals surface area contributed by atoms with Crippen molar-refractivity contribution in [2.45, 2.75) is 32.6 Å². The lowest BCUT2D eigenvalue weighted by Gasteiger charge is -2.04. The maximum Gasteiger partial charge on any atom is 0.183 e. The largest absolute Gasteiger partial charge is 0.359 e. The Morgan fingerprint density at radius 1 is 1.44 bits per heavy atom. The van der Waals surface area contributed by atoms with E-state index in [4.69, 9.17) is 0 Å². The number of thiazole rings is 2. The highest BCUT2D eigenvalue weighted by atomic mass is 32.2. The number of rotatable bonds is 6. The first-order valence-corrected chi connectivity index (χ1v) is 8.79. The third kappa shape index (κ3) is 3.70. The molecule has 0 radical (unpaired) electrons. The number of hydrogen-bond donors (Lipinski definition) is 1. The fraction of sp³-hybridized carbons (Fsp3) is 0.500. The van der Waals surface area contributed by atoms with Crippen LogP contribution in [0.25, 0.3) is 10.6 Å². The van der Waals surface area contributed by atoms with Gasteiger partial charge in [-0.1, -0.05) is 6.92 Å². The summed E-state index contributed by atoms with van der Waals surface area (Å²) < 4.78 is 0. The fourth-order valence-electron chi connectivity index (χ4n) is 1.38. The summed E-state index contributed by atoms with van der Waals surface area (Å²) in [4.78, 5) is 10.2. The molecule has 2 rings (SSSR count). The van der Waals surface area contributed by atoms with Gasteiger partial charge in [-0.25, -0.2) is 9.97 Å². The molecule has 3 nitrogen and oxygen atoms in total. The predicted molar refractivity (Wildman–Crippen MR) is 83.8 cm³/mol. The van der Waals surface area contributed by atoms with Crippen molar-refractivity contribution >= 4 is 39.6 Å². The van der Waals surface area contributed by atoms with E-state index in [1.807, 2.05) is 18.0 Å². The Hall–Kier alpha value is -0.590. The zero-order valence-electron chi connectivity index (χ0n) is 10.8. The minimum atomic E-state index is 0.418. The van der Waals surface area contributed by atoms with Crippen molar-refractivity contribution in [2.24, 2.45) is 0 Å². The van der Waals surface area contributed by atoms with Crippen LogP contribution in [0.3, 0.4) is 0 Å². The molecule has 0 aliphatic carbocycles. The molecule has 0 bridgehead atoms. The SMILES string of the molecule is CCSCc1ncc(-c2csc(NC(C)C)n2)s1. The second kappa shape index (κ2) is 6.54. The Morgan fingerprint density at radius 3 is 3.00 bits per heavy atom. The van der Waals surface area contributed by atoms with Crippen molar-refractivity contribution < 1.29 is 0 Å². The van der Waals surface area contributed by atoms with Crippen LogP contribution in [-0.2, 0) is 5.75 Å². The van der Waals surface area contributed by atoms with Crippen molar-refractivity contribution in [1.82, 2.24) is 9.97 Å². The summed E-state index contributed by atoms with van der Waals surface area (Å²) in [5.41, 5.74) is 1.04. The molecule has 98 valence electrons. The molecule has 0 saturated carbocycles. The van der Waals surface area contributed by atoms with E-state index in [0.717, 1.165) is 27.2 Å². The quantitative estimate of drug-likeness (QED) is 0.861. The lowest BCUT2D eigenvalue weighted by atomic mass is 10.4. The number of aromatic nitrogens is 2. The van der Waals surface area contributed by atoms with Gasteiger partial charge in [0.15, 0.2) is 5.13 Å². The topological polar surface area (TPSA) is 37.8 Å². The van der Waals surface area contributed by atoms with E-state index in [-0.39, 0.29) is 0 Å². The highest BCUT2D eigenvalue weighted by molar-refractivity contribution is 7.98. The maximum absolute atomic E-state index is 4.59. The number of nitrogens with one attached hydrogen (secondary N) is 1. The van der Waals surface area contributed by atoms with Crippen LogP contribution in [0.1, 0.15) is 25.8 Å².